The Balaban J connectivity index is 2.24. The van der Waals surface area contributed by atoms with Crippen LogP contribution in [0.5, 0.6) is 11.5 Å². The van der Waals surface area contributed by atoms with Gasteiger partial charge in [-0.2, -0.15) is 0 Å². The van der Waals surface area contributed by atoms with E-state index in [4.69, 9.17) is 14.2 Å². The van der Waals surface area contributed by atoms with E-state index in [0.29, 0.717) is 42.0 Å². The van der Waals surface area contributed by atoms with Gasteiger partial charge >= 0.3 is 5.97 Å². The van der Waals surface area contributed by atoms with E-state index in [9.17, 15) is 9.59 Å². The summed E-state index contributed by atoms with van der Waals surface area (Å²) in [5, 5.41) is 0.446. The maximum atomic E-state index is 12.5. The quantitative estimate of drug-likeness (QED) is 0.723. The fourth-order valence-electron chi connectivity index (χ4n) is 2.27. The number of esters is 1. The van der Waals surface area contributed by atoms with Gasteiger partial charge in [0.05, 0.1) is 38.1 Å². The second-order valence-corrected chi connectivity index (χ2v) is 4.88. The van der Waals surface area contributed by atoms with Crippen molar-refractivity contribution < 1.29 is 19.0 Å². The van der Waals surface area contributed by atoms with Gasteiger partial charge in [-0.3, -0.25) is 14.2 Å². The number of benzene rings is 1. The van der Waals surface area contributed by atoms with E-state index in [1.807, 2.05) is 0 Å². The third-order valence-corrected chi connectivity index (χ3v) is 3.41. The number of aryl methyl sites for hydroxylation is 1. The maximum absolute atomic E-state index is 12.5. The van der Waals surface area contributed by atoms with Crippen LogP contribution in [0.15, 0.2) is 23.3 Å². The van der Waals surface area contributed by atoms with Crippen LogP contribution in [0.25, 0.3) is 10.9 Å². The minimum absolute atomic E-state index is 0.181. The third kappa shape index (κ3) is 3.80. The van der Waals surface area contributed by atoms with Crippen molar-refractivity contribution in [3.63, 3.8) is 0 Å². The zero-order chi connectivity index (χ0) is 16.8. The van der Waals surface area contributed by atoms with Gasteiger partial charge in [-0.25, -0.2) is 4.98 Å². The highest BCUT2D eigenvalue weighted by Crippen LogP contribution is 2.29. The predicted molar refractivity (Wildman–Crippen MR) is 85.0 cm³/mol. The monoisotopic (exact) mass is 320 g/mol. The molecule has 0 spiro atoms. The molecule has 0 saturated carbocycles. The molecule has 23 heavy (non-hydrogen) atoms. The Morgan fingerprint density at radius 3 is 2.57 bits per heavy atom. The number of ether oxygens (including phenoxy) is 3. The predicted octanol–water partition coefficient (Wildman–Crippen LogP) is 1.76. The lowest BCUT2D eigenvalue weighted by Crippen LogP contribution is -2.21. The lowest BCUT2D eigenvalue weighted by Gasteiger charge is -2.10. The zero-order valence-electron chi connectivity index (χ0n) is 13.5. The molecule has 0 unspecified atom stereocenters. The molecule has 0 radical (unpaired) electrons. The van der Waals surface area contributed by atoms with Crippen LogP contribution in [-0.2, 0) is 16.1 Å². The fourth-order valence-corrected chi connectivity index (χ4v) is 2.27. The molecule has 0 aliphatic rings. The summed E-state index contributed by atoms with van der Waals surface area (Å²) >= 11 is 0. The highest BCUT2D eigenvalue weighted by molar-refractivity contribution is 5.81. The van der Waals surface area contributed by atoms with Crippen molar-refractivity contribution in [2.75, 3.05) is 20.8 Å². The molecule has 1 aromatic heterocycles. The van der Waals surface area contributed by atoms with Gasteiger partial charge in [-0.05, 0) is 19.4 Å². The first-order valence-corrected chi connectivity index (χ1v) is 7.37. The molecule has 0 N–H and O–H groups in total. The average Bonchev–Trinajstić information content (AvgIpc) is 2.56. The van der Waals surface area contributed by atoms with Crippen molar-refractivity contribution in [1.29, 1.82) is 0 Å². The molecule has 0 aliphatic heterocycles. The van der Waals surface area contributed by atoms with Crippen LogP contribution in [0.2, 0.25) is 0 Å². The summed E-state index contributed by atoms with van der Waals surface area (Å²) in [7, 11) is 3.04. The topological polar surface area (TPSA) is 79.7 Å². The Kier molecular flexibility index (Phi) is 5.56. The molecule has 1 heterocycles. The molecule has 0 atom stereocenters. The minimum atomic E-state index is -0.263. The summed E-state index contributed by atoms with van der Waals surface area (Å²) in [5.74, 6) is 0.732. The minimum Gasteiger partial charge on any atom is -0.493 e. The van der Waals surface area contributed by atoms with Gasteiger partial charge in [0.15, 0.2) is 11.5 Å². The Bertz CT molecular complexity index is 754. The number of fused-ring (bicyclic) bond motifs is 1. The van der Waals surface area contributed by atoms with Crippen LogP contribution in [0, 0.1) is 0 Å². The summed E-state index contributed by atoms with van der Waals surface area (Å²) < 4.78 is 16.8. The molecule has 0 saturated heterocycles. The number of hydrogen-bond donors (Lipinski definition) is 0. The summed E-state index contributed by atoms with van der Waals surface area (Å²) in [4.78, 5) is 28.1. The van der Waals surface area contributed by atoms with Crippen LogP contribution in [0.3, 0.4) is 0 Å². The van der Waals surface area contributed by atoms with Gasteiger partial charge in [0.25, 0.3) is 5.56 Å². The third-order valence-electron chi connectivity index (χ3n) is 3.41. The van der Waals surface area contributed by atoms with Crippen molar-refractivity contribution in [3.8, 4) is 11.5 Å². The number of aromatic nitrogens is 2. The highest BCUT2D eigenvalue weighted by atomic mass is 16.5. The van der Waals surface area contributed by atoms with E-state index in [-0.39, 0.29) is 17.9 Å². The standard InChI is InChI=1S/C16H20N2O5/c1-4-23-15(19)6-5-7-18-10-17-12-9-14(22-3)13(21-2)8-11(12)16(18)20/h8-10H,4-7H2,1-3H3. The number of carbonyl (C=O) groups excluding carboxylic acids is 1. The molecule has 7 nitrogen and oxygen atoms in total. The first-order chi connectivity index (χ1) is 11.1. The number of nitrogens with zero attached hydrogens (tertiary/aromatic N) is 2. The SMILES string of the molecule is CCOC(=O)CCCn1cnc2cc(OC)c(OC)cc2c1=O. The molecule has 2 aromatic rings. The second kappa shape index (κ2) is 7.62. The molecule has 0 fully saturated rings. The fraction of sp³-hybridized carbons (Fsp3) is 0.438. The van der Waals surface area contributed by atoms with Crippen LogP contribution < -0.4 is 15.0 Å². The Hall–Kier alpha value is -2.57. The smallest absolute Gasteiger partial charge is 0.305 e. The van der Waals surface area contributed by atoms with Gasteiger partial charge in [0, 0.05) is 19.0 Å². The maximum Gasteiger partial charge on any atom is 0.305 e. The summed E-state index contributed by atoms with van der Waals surface area (Å²) in [6.45, 7) is 2.52. The molecule has 124 valence electrons. The molecular formula is C16H20N2O5. The van der Waals surface area contributed by atoms with Crippen LogP contribution in [0.4, 0.5) is 0 Å². The molecule has 0 bridgehead atoms. The Labute approximate surface area is 133 Å². The zero-order valence-corrected chi connectivity index (χ0v) is 13.5. The van der Waals surface area contributed by atoms with Gasteiger partial charge in [0.1, 0.15) is 0 Å². The average molecular weight is 320 g/mol. The van der Waals surface area contributed by atoms with E-state index in [1.165, 1.54) is 25.1 Å². The summed E-state index contributed by atoms with van der Waals surface area (Å²) in [6.07, 6.45) is 2.26. The van der Waals surface area contributed by atoms with Gasteiger partial charge in [0.2, 0.25) is 0 Å². The lowest BCUT2D eigenvalue weighted by molar-refractivity contribution is -0.143. The van der Waals surface area contributed by atoms with E-state index >= 15 is 0 Å². The lowest BCUT2D eigenvalue weighted by atomic mass is 10.2. The van der Waals surface area contributed by atoms with Crippen molar-refractivity contribution in [2.24, 2.45) is 0 Å². The molecular weight excluding hydrogens is 300 g/mol. The molecule has 2 rings (SSSR count). The van der Waals surface area contributed by atoms with Crippen molar-refractivity contribution in [1.82, 2.24) is 9.55 Å². The molecule has 0 amide bonds. The number of rotatable bonds is 7. The second-order valence-electron chi connectivity index (χ2n) is 4.88. The van der Waals surface area contributed by atoms with E-state index in [2.05, 4.69) is 4.98 Å². The largest absolute Gasteiger partial charge is 0.493 e. The van der Waals surface area contributed by atoms with E-state index < -0.39 is 0 Å². The van der Waals surface area contributed by atoms with Crippen LogP contribution >= 0.6 is 0 Å². The number of hydrogen-bond acceptors (Lipinski definition) is 6. The normalized spacial score (nSPS) is 10.6. The number of methoxy groups -OCH3 is 2. The van der Waals surface area contributed by atoms with Gasteiger partial charge < -0.3 is 14.2 Å². The van der Waals surface area contributed by atoms with Crippen LogP contribution in [-0.4, -0.2) is 36.3 Å². The van der Waals surface area contributed by atoms with E-state index in [0.717, 1.165) is 0 Å². The molecule has 0 aliphatic carbocycles. The molecule has 1 aromatic carbocycles. The van der Waals surface area contributed by atoms with Crippen molar-refractivity contribution in [3.05, 3.63) is 28.8 Å². The first-order valence-electron chi connectivity index (χ1n) is 7.37. The van der Waals surface area contributed by atoms with Crippen molar-refractivity contribution in [2.45, 2.75) is 26.3 Å². The summed E-state index contributed by atoms with van der Waals surface area (Å²) in [6, 6.07) is 3.28. The highest BCUT2D eigenvalue weighted by Gasteiger charge is 2.11. The Morgan fingerprint density at radius 2 is 1.91 bits per heavy atom. The molecule has 7 heteroatoms. The van der Waals surface area contributed by atoms with Crippen LogP contribution in [0.1, 0.15) is 19.8 Å². The Morgan fingerprint density at radius 1 is 1.22 bits per heavy atom. The number of carbonyl (C=O) groups is 1. The van der Waals surface area contributed by atoms with Crippen molar-refractivity contribution >= 4 is 16.9 Å². The van der Waals surface area contributed by atoms with E-state index in [1.54, 1.807) is 19.1 Å². The van der Waals surface area contributed by atoms with Gasteiger partial charge in [-0.15, -0.1) is 0 Å². The van der Waals surface area contributed by atoms with Gasteiger partial charge in [-0.1, -0.05) is 0 Å². The first kappa shape index (κ1) is 16.8. The summed E-state index contributed by atoms with van der Waals surface area (Å²) in [5.41, 5.74) is 0.356.